The third kappa shape index (κ3) is 3.43. The molecule has 1 heterocycles. The SMILES string of the molecule is Nc1cc(Br)c(F)cc1Sc1ccc(C(F)(F)F)cn1. The van der Waals surface area contributed by atoms with Gasteiger partial charge in [-0.05, 0) is 40.2 Å². The number of rotatable bonds is 2. The normalized spacial score (nSPS) is 11.7. The third-order valence-electron chi connectivity index (χ3n) is 2.33. The van der Waals surface area contributed by atoms with E-state index in [1.165, 1.54) is 18.2 Å². The van der Waals surface area contributed by atoms with Crippen LogP contribution < -0.4 is 5.73 Å². The van der Waals surface area contributed by atoms with E-state index in [-0.39, 0.29) is 4.47 Å². The minimum absolute atomic E-state index is 0.222. The summed E-state index contributed by atoms with van der Waals surface area (Å²) in [5.41, 5.74) is 5.19. The van der Waals surface area contributed by atoms with Crippen molar-refractivity contribution < 1.29 is 17.6 Å². The van der Waals surface area contributed by atoms with Gasteiger partial charge in [0.1, 0.15) is 10.8 Å². The van der Waals surface area contributed by atoms with E-state index in [9.17, 15) is 17.6 Å². The summed E-state index contributed by atoms with van der Waals surface area (Å²) in [6, 6.07) is 4.72. The van der Waals surface area contributed by atoms with Gasteiger partial charge in [-0.25, -0.2) is 9.37 Å². The quantitative estimate of drug-likeness (QED) is 0.616. The molecule has 1 aromatic carbocycles. The molecule has 0 aliphatic heterocycles. The van der Waals surface area contributed by atoms with Crippen LogP contribution in [-0.2, 0) is 6.18 Å². The molecule has 0 spiro atoms. The lowest BCUT2D eigenvalue weighted by atomic mass is 10.3. The largest absolute Gasteiger partial charge is 0.417 e. The lowest BCUT2D eigenvalue weighted by Gasteiger charge is -2.08. The molecule has 0 amide bonds. The predicted octanol–water partition coefficient (Wildman–Crippen LogP) is 4.74. The van der Waals surface area contributed by atoms with Crippen molar-refractivity contribution in [1.82, 2.24) is 4.98 Å². The molecule has 8 heteroatoms. The molecule has 2 rings (SSSR count). The van der Waals surface area contributed by atoms with E-state index < -0.39 is 17.6 Å². The van der Waals surface area contributed by atoms with Crippen LogP contribution in [0.15, 0.2) is 44.9 Å². The lowest BCUT2D eigenvalue weighted by Crippen LogP contribution is -2.05. The van der Waals surface area contributed by atoms with Gasteiger partial charge in [0.25, 0.3) is 0 Å². The predicted molar refractivity (Wildman–Crippen MR) is 71.9 cm³/mol. The van der Waals surface area contributed by atoms with Gasteiger partial charge in [0.15, 0.2) is 0 Å². The average molecular weight is 367 g/mol. The number of benzene rings is 1. The van der Waals surface area contributed by atoms with Crippen molar-refractivity contribution in [2.24, 2.45) is 0 Å². The molecule has 0 bridgehead atoms. The van der Waals surface area contributed by atoms with Crippen molar-refractivity contribution in [3.05, 3.63) is 46.3 Å². The molecular formula is C12H7BrF4N2S. The summed E-state index contributed by atoms with van der Waals surface area (Å²) in [5.74, 6) is -0.506. The van der Waals surface area contributed by atoms with Gasteiger partial charge in [0, 0.05) is 16.8 Å². The Morgan fingerprint density at radius 3 is 2.45 bits per heavy atom. The zero-order chi connectivity index (χ0) is 14.9. The Morgan fingerprint density at radius 2 is 1.90 bits per heavy atom. The Hall–Kier alpha value is -1.28. The molecule has 0 unspecified atom stereocenters. The highest BCUT2D eigenvalue weighted by Gasteiger charge is 2.30. The zero-order valence-corrected chi connectivity index (χ0v) is 12.1. The average Bonchev–Trinajstić information content (AvgIpc) is 2.35. The van der Waals surface area contributed by atoms with Crippen LogP contribution in [0, 0.1) is 5.82 Å². The van der Waals surface area contributed by atoms with Gasteiger partial charge in [-0.3, -0.25) is 0 Å². The highest BCUT2D eigenvalue weighted by Crippen LogP contribution is 2.35. The Morgan fingerprint density at radius 1 is 1.20 bits per heavy atom. The van der Waals surface area contributed by atoms with E-state index in [2.05, 4.69) is 20.9 Å². The molecule has 1 aromatic heterocycles. The lowest BCUT2D eigenvalue weighted by molar-refractivity contribution is -0.137. The number of alkyl halides is 3. The summed E-state index contributed by atoms with van der Waals surface area (Å²) >= 11 is 3.98. The van der Waals surface area contributed by atoms with Crippen molar-refractivity contribution in [3.8, 4) is 0 Å². The van der Waals surface area contributed by atoms with Gasteiger partial charge in [-0.15, -0.1) is 0 Å². The van der Waals surface area contributed by atoms with Crippen LogP contribution in [0.3, 0.4) is 0 Å². The van der Waals surface area contributed by atoms with Gasteiger partial charge in [0.05, 0.1) is 10.0 Å². The summed E-state index contributed by atoms with van der Waals surface area (Å²) < 4.78 is 50.8. The molecule has 0 radical (unpaired) electrons. The summed E-state index contributed by atoms with van der Waals surface area (Å²) in [6.07, 6.45) is -3.70. The Balaban J connectivity index is 2.25. The minimum atomic E-state index is -4.43. The molecule has 0 saturated carbocycles. The van der Waals surface area contributed by atoms with Crippen molar-refractivity contribution in [1.29, 1.82) is 0 Å². The van der Waals surface area contributed by atoms with Crippen molar-refractivity contribution in [2.45, 2.75) is 16.1 Å². The van der Waals surface area contributed by atoms with Gasteiger partial charge in [-0.2, -0.15) is 13.2 Å². The molecule has 0 aliphatic carbocycles. The van der Waals surface area contributed by atoms with Gasteiger partial charge in [-0.1, -0.05) is 11.8 Å². The monoisotopic (exact) mass is 366 g/mol. The molecule has 0 atom stereocenters. The van der Waals surface area contributed by atoms with E-state index >= 15 is 0 Å². The van der Waals surface area contributed by atoms with Gasteiger partial charge >= 0.3 is 6.18 Å². The van der Waals surface area contributed by atoms with E-state index in [1.54, 1.807) is 0 Å². The van der Waals surface area contributed by atoms with E-state index in [0.29, 0.717) is 15.6 Å². The molecule has 0 saturated heterocycles. The second kappa shape index (κ2) is 5.61. The van der Waals surface area contributed by atoms with Crippen LogP contribution in [0.25, 0.3) is 0 Å². The van der Waals surface area contributed by atoms with Crippen LogP contribution >= 0.6 is 27.7 Å². The van der Waals surface area contributed by atoms with Crippen molar-refractivity contribution in [2.75, 3.05) is 5.73 Å². The first kappa shape index (κ1) is 15.1. The maximum Gasteiger partial charge on any atom is 0.417 e. The molecule has 0 fully saturated rings. The van der Waals surface area contributed by atoms with Crippen LogP contribution in [-0.4, -0.2) is 4.98 Å². The summed E-state index contributed by atoms with van der Waals surface area (Å²) in [4.78, 5) is 4.07. The number of nitrogen functional groups attached to an aromatic ring is 1. The second-order valence-corrected chi connectivity index (χ2v) is 5.71. The van der Waals surface area contributed by atoms with E-state index in [0.717, 1.165) is 24.0 Å². The topological polar surface area (TPSA) is 38.9 Å². The maximum atomic E-state index is 13.4. The van der Waals surface area contributed by atoms with Crippen LogP contribution in [0.5, 0.6) is 0 Å². The van der Waals surface area contributed by atoms with Gasteiger partial charge < -0.3 is 5.73 Å². The summed E-state index contributed by atoms with van der Waals surface area (Å²) in [7, 11) is 0. The van der Waals surface area contributed by atoms with Crippen molar-refractivity contribution in [3.63, 3.8) is 0 Å². The Labute approximate surface area is 124 Å². The number of aromatic nitrogens is 1. The number of hydrogen-bond acceptors (Lipinski definition) is 3. The fourth-order valence-electron chi connectivity index (χ4n) is 1.35. The van der Waals surface area contributed by atoms with Crippen molar-refractivity contribution >= 4 is 33.4 Å². The Kier molecular flexibility index (Phi) is 4.24. The fraction of sp³-hybridized carbons (Fsp3) is 0.0833. The molecule has 20 heavy (non-hydrogen) atoms. The molecule has 2 aromatic rings. The number of hydrogen-bond donors (Lipinski definition) is 1. The smallest absolute Gasteiger partial charge is 0.398 e. The minimum Gasteiger partial charge on any atom is -0.398 e. The first-order valence-corrected chi connectivity index (χ1v) is 6.84. The Bertz CT molecular complexity index is 629. The highest BCUT2D eigenvalue weighted by molar-refractivity contribution is 9.10. The number of anilines is 1. The molecule has 0 aliphatic rings. The number of nitrogens with zero attached hydrogens (tertiary/aromatic N) is 1. The molecule has 2 nitrogen and oxygen atoms in total. The zero-order valence-electron chi connectivity index (χ0n) is 9.71. The maximum absolute atomic E-state index is 13.4. The molecule has 106 valence electrons. The second-order valence-electron chi connectivity index (χ2n) is 3.79. The third-order valence-corrected chi connectivity index (χ3v) is 3.96. The number of nitrogens with two attached hydrogens (primary N) is 1. The summed E-state index contributed by atoms with van der Waals surface area (Å²) in [5, 5.41) is 0.298. The fourth-order valence-corrected chi connectivity index (χ4v) is 2.52. The first-order chi connectivity index (χ1) is 9.27. The standard InChI is InChI=1S/C12H7BrF4N2S/c13-7-3-9(18)10(4-8(7)14)20-11-2-1-6(5-19-11)12(15,16)17/h1-5H,18H2. The number of pyridine rings is 1. The highest BCUT2D eigenvalue weighted by atomic mass is 79.9. The first-order valence-electron chi connectivity index (χ1n) is 5.23. The van der Waals surface area contributed by atoms with Crippen LogP contribution in [0.4, 0.5) is 23.2 Å². The van der Waals surface area contributed by atoms with Gasteiger partial charge in [0.2, 0.25) is 0 Å². The van der Waals surface area contributed by atoms with Crippen LogP contribution in [0.2, 0.25) is 0 Å². The van der Waals surface area contributed by atoms with E-state index in [1.807, 2.05) is 0 Å². The molecule has 2 N–H and O–H groups in total. The summed E-state index contributed by atoms with van der Waals surface area (Å²) in [6.45, 7) is 0. The van der Waals surface area contributed by atoms with Crippen LogP contribution in [0.1, 0.15) is 5.56 Å². The van der Waals surface area contributed by atoms with E-state index in [4.69, 9.17) is 5.73 Å². The molecular weight excluding hydrogens is 360 g/mol. The number of halogens is 5.